The maximum Gasteiger partial charge on any atom is 0.265 e. The van der Waals surface area contributed by atoms with Gasteiger partial charge in [-0.25, -0.2) is 4.57 Å². The SMILES string of the molecule is Cc1cccc(Cn2c[n+](Cc3ccc(Br)cc3)cn2)c1.[Br-]. The third-order valence-electron chi connectivity index (χ3n) is 3.34. The van der Waals surface area contributed by atoms with Crippen LogP contribution in [0, 0.1) is 6.92 Å². The summed E-state index contributed by atoms with van der Waals surface area (Å²) in [5.41, 5.74) is 3.81. The molecule has 0 atom stereocenters. The Morgan fingerprint density at radius 1 is 1.09 bits per heavy atom. The number of nitrogens with zero attached hydrogens (tertiary/aromatic N) is 3. The zero-order valence-electron chi connectivity index (χ0n) is 12.3. The smallest absolute Gasteiger partial charge is 0.265 e. The van der Waals surface area contributed by atoms with E-state index >= 15 is 0 Å². The molecular weight excluding hydrogens is 406 g/mol. The molecule has 0 saturated heterocycles. The summed E-state index contributed by atoms with van der Waals surface area (Å²) in [7, 11) is 0. The van der Waals surface area contributed by atoms with Crippen LogP contribution in [0.1, 0.15) is 16.7 Å². The van der Waals surface area contributed by atoms with Crippen LogP contribution in [0.2, 0.25) is 0 Å². The quantitative estimate of drug-likeness (QED) is 0.556. The Morgan fingerprint density at radius 3 is 2.59 bits per heavy atom. The number of hydrogen-bond acceptors (Lipinski definition) is 1. The van der Waals surface area contributed by atoms with Crippen molar-refractivity contribution in [3.63, 3.8) is 0 Å². The van der Waals surface area contributed by atoms with E-state index in [-0.39, 0.29) is 17.0 Å². The monoisotopic (exact) mass is 421 g/mol. The fourth-order valence-corrected chi connectivity index (χ4v) is 2.59. The molecule has 2 aromatic carbocycles. The molecule has 0 amide bonds. The Balaban J connectivity index is 0.00000176. The van der Waals surface area contributed by atoms with E-state index in [1.165, 1.54) is 16.7 Å². The predicted molar refractivity (Wildman–Crippen MR) is 85.9 cm³/mol. The van der Waals surface area contributed by atoms with Gasteiger partial charge in [0.05, 0.1) is 6.54 Å². The molecule has 0 aliphatic carbocycles. The second kappa shape index (κ2) is 7.70. The van der Waals surface area contributed by atoms with E-state index in [4.69, 9.17) is 0 Å². The van der Waals surface area contributed by atoms with Crippen molar-refractivity contribution in [3.05, 3.63) is 82.3 Å². The lowest BCUT2D eigenvalue weighted by molar-refractivity contribution is -0.689. The Labute approximate surface area is 149 Å². The van der Waals surface area contributed by atoms with Gasteiger partial charge in [0.25, 0.3) is 6.33 Å². The summed E-state index contributed by atoms with van der Waals surface area (Å²) < 4.78 is 5.17. The van der Waals surface area contributed by atoms with E-state index in [0.29, 0.717) is 0 Å². The van der Waals surface area contributed by atoms with Crippen molar-refractivity contribution in [2.45, 2.75) is 20.0 Å². The largest absolute Gasteiger partial charge is 1.00 e. The highest BCUT2D eigenvalue weighted by Crippen LogP contribution is 2.10. The topological polar surface area (TPSA) is 21.7 Å². The lowest BCUT2D eigenvalue weighted by Crippen LogP contribution is -3.00. The zero-order chi connectivity index (χ0) is 14.7. The van der Waals surface area contributed by atoms with E-state index in [9.17, 15) is 0 Å². The van der Waals surface area contributed by atoms with Gasteiger partial charge in [-0.2, -0.15) is 0 Å². The molecule has 0 unspecified atom stereocenters. The number of aromatic nitrogens is 3. The molecule has 3 nitrogen and oxygen atoms in total. The van der Waals surface area contributed by atoms with Gasteiger partial charge < -0.3 is 17.0 Å². The van der Waals surface area contributed by atoms with Crippen LogP contribution in [0.25, 0.3) is 0 Å². The van der Waals surface area contributed by atoms with Crippen LogP contribution >= 0.6 is 15.9 Å². The number of rotatable bonds is 4. The lowest BCUT2D eigenvalue weighted by Gasteiger charge is -1.99. The summed E-state index contributed by atoms with van der Waals surface area (Å²) in [5.74, 6) is 0. The summed E-state index contributed by atoms with van der Waals surface area (Å²) >= 11 is 3.45. The molecule has 0 fully saturated rings. The first-order valence-corrected chi connectivity index (χ1v) is 7.70. The normalized spacial score (nSPS) is 10.3. The third kappa shape index (κ3) is 4.52. The fourth-order valence-electron chi connectivity index (χ4n) is 2.32. The summed E-state index contributed by atoms with van der Waals surface area (Å²) in [6.45, 7) is 3.75. The second-order valence-corrected chi connectivity index (χ2v) is 6.15. The van der Waals surface area contributed by atoms with Crippen molar-refractivity contribution in [2.75, 3.05) is 0 Å². The molecule has 3 aromatic rings. The molecule has 3 rings (SSSR count). The molecule has 22 heavy (non-hydrogen) atoms. The molecule has 0 spiro atoms. The van der Waals surface area contributed by atoms with Crippen molar-refractivity contribution in [2.24, 2.45) is 0 Å². The Kier molecular flexibility index (Phi) is 5.91. The van der Waals surface area contributed by atoms with Gasteiger partial charge in [-0.3, -0.25) is 0 Å². The van der Waals surface area contributed by atoms with Gasteiger partial charge in [-0.15, -0.1) is 4.68 Å². The van der Waals surface area contributed by atoms with Crippen molar-refractivity contribution in [1.29, 1.82) is 0 Å². The summed E-state index contributed by atoms with van der Waals surface area (Å²) in [5, 5.41) is 4.43. The van der Waals surface area contributed by atoms with Gasteiger partial charge in [0, 0.05) is 9.57 Å². The standard InChI is InChI=1S/C17H17BrN3.BrH/c1-14-3-2-4-16(9-14)11-21-13-20(12-19-21)10-15-5-7-17(18)8-6-15;/h2-9,12-13H,10-11H2,1H3;1H/q+1;/p-1. The van der Waals surface area contributed by atoms with Crippen LogP contribution in [0.4, 0.5) is 0 Å². The number of benzene rings is 2. The van der Waals surface area contributed by atoms with Gasteiger partial charge in [0.2, 0.25) is 6.33 Å². The average molecular weight is 423 g/mol. The highest BCUT2D eigenvalue weighted by molar-refractivity contribution is 9.10. The summed E-state index contributed by atoms with van der Waals surface area (Å²) in [6.07, 6.45) is 3.92. The highest BCUT2D eigenvalue weighted by atomic mass is 79.9. The van der Waals surface area contributed by atoms with E-state index in [0.717, 1.165) is 17.6 Å². The van der Waals surface area contributed by atoms with Crippen molar-refractivity contribution in [3.8, 4) is 0 Å². The van der Waals surface area contributed by atoms with Gasteiger partial charge >= 0.3 is 0 Å². The van der Waals surface area contributed by atoms with E-state index in [2.05, 4.69) is 81.1 Å². The van der Waals surface area contributed by atoms with E-state index < -0.39 is 0 Å². The summed E-state index contributed by atoms with van der Waals surface area (Å²) in [6, 6.07) is 16.9. The lowest BCUT2D eigenvalue weighted by atomic mass is 10.1. The average Bonchev–Trinajstić information content (AvgIpc) is 2.89. The molecule has 0 saturated carbocycles. The molecule has 1 aromatic heterocycles. The first-order valence-electron chi connectivity index (χ1n) is 6.90. The zero-order valence-corrected chi connectivity index (χ0v) is 15.5. The van der Waals surface area contributed by atoms with Crippen molar-refractivity contribution >= 4 is 15.9 Å². The van der Waals surface area contributed by atoms with Crippen LogP contribution in [0.3, 0.4) is 0 Å². The molecule has 1 heterocycles. The van der Waals surface area contributed by atoms with Crippen LogP contribution in [0.15, 0.2) is 65.7 Å². The van der Waals surface area contributed by atoms with Crippen LogP contribution in [-0.2, 0) is 13.1 Å². The van der Waals surface area contributed by atoms with E-state index in [1.54, 1.807) is 0 Å². The second-order valence-electron chi connectivity index (χ2n) is 5.23. The number of halogens is 2. The van der Waals surface area contributed by atoms with Crippen LogP contribution < -0.4 is 21.5 Å². The summed E-state index contributed by atoms with van der Waals surface area (Å²) in [4.78, 5) is 0. The minimum Gasteiger partial charge on any atom is -1.00 e. The molecule has 0 N–H and O–H groups in total. The minimum atomic E-state index is 0. The molecule has 5 heteroatoms. The number of aryl methyl sites for hydroxylation is 1. The maximum atomic E-state index is 4.43. The van der Waals surface area contributed by atoms with Gasteiger partial charge in [0.15, 0.2) is 0 Å². The minimum absolute atomic E-state index is 0. The van der Waals surface area contributed by atoms with Crippen molar-refractivity contribution < 1.29 is 21.5 Å². The third-order valence-corrected chi connectivity index (χ3v) is 3.86. The molecule has 0 radical (unpaired) electrons. The molecular formula is C17H17Br2N3. The Bertz CT molecular complexity index is 736. The highest BCUT2D eigenvalue weighted by Gasteiger charge is 2.07. The Hall–Kier alpha value is -1.46. The molecule has 0 aliphatic heterocycles. The van der Waals surface area contributed by atoms with Gasteiger partial charge in [0.1, 0.15) is 6.54 Å². The predicted octanol–water partition coefficient (Wildman–Crippen LogP) is 0.342. The van der Waals surface area contributed by atoms with Crippen LogP contribution in [-0.4, -0.2) is 9.78 Å². The molecule has 114 valence electrons. The van der Waals surface area contributed by atoms with Gasteiger partial charge in [-0.1, -0.05) is 57.9 Å². The van der Waals surface area contributed by atoms with Crippen molar-refractivity contribution in [1.82, 2.24) is 9.78 Å². The fraction of sp³-hybridized carbons (Fsp3) is 0.176. The Morgan fingerprint density at radius 2 is 1.86 bits per heavy atom. The van der Waals surface area contributed by atoms with Crippen LogP contribution in [0.5, 0.6) is 0 Å². The molecule has 0 bridgehead atoms. The first kappa shape index (κ1) is 16.9. The van der Waals surface area contributed by atoms with E-state index in [1.807, 2.05) is 17.3 Å². The number of hydrogen-bond donors (Lipinski definition) is 0. The first-order chi connectivity index (χ1) is 10.2. The molecule has 0 aliphatic rings. The maximum absolute atomic E-state index is 4.43. The van der Waals surface area contributed by atoms with Gasteiger partial charge in [-0.05, 0) is 30.2 Å².